The van der Waals surface area contributed by atoms with Gasteiger partial charge in [-0.1, -0.05) is 51.1 Å². The van der Waals surface area contributed by atoms with Crippen LogP contribution in [0.2, 0.25) is 0 Å². The Morgan fingerprint density at radius 3 is 2.58 bits per heavy atom. The fourth-order valence-corrected chi connectivity index (χ4v) is 3.19. The zero-order chi connectivity index (χ0) is 13.9. The molecule has 2 unspecified atom stereocenters. The molecule has 0 aliphatic carbocycles. The van der Waals surface area contributed by atoms with Gasteiger partial charge in [-0.25, -0.2) is 0 Å². The van der Waals surface area contributed by atoms with Crippen molar-refractivity contribution >= 4 is 17.7 Å². The Morgan fingerprint density at radius 1 is 1.37 bits per heavy atom. The molecule has 2 N–H and O–H groups in total. The number of nitrogens with one attached hydrogen (secondary N) is 2. The van der Waals surface area contributed by atoms with Crippen molar-refractivity contribution in [1.82, 2.24) is 10.6 Å². The van der Waals surface area contributed by atoms with E-state index in [1.807, 2.05) is 18.2 Å². The highest BCUT2D eigenvalue weighted by atomic mass is 32.2. The zero-order valence-electron chi connectivity index (χ0n) is 11.8. The molecule has 2 atom stereocenters. The van der Waals surface area contributed by atoms with Crippen LogP contribution >= 0.6 is 11.8 Å². The van der Waals surface area contributed by atoms with Crippen LogP contribution < -0.4 is 10.6 Å². The quantitative estimate of drug-likeness (QED) is 0.893. The SMILES string of the molecule is CC(C)(C)C(NC(=O)C1CSCN1)c1ccccc1. The summed E-state index contributed by atoms with van der Waals surface area (Å²) >= 11 is 1.77. The molecule has 0 saturated carbocycles. The molecule has 1 aromatic rings. The van der Waals surface area contributed by atoms with Gasteiger partial charge in [0.05, 0.1) is 12.1 Å². The van der Waals surface area contributed by atoms with Gasteiger partial charge in [0.2, 0.25) is 5.91 Å². The number of benzene rings is 1. The molecule has 3 nitrogen and oxygen atoms in total. The fourth-order valence-electron chi connectivity index (χ4n) is 2.25. The number of hydrogen-bond acceptors (Lipinski definition) is 3. The van der Waals surface area contributed by atoms with Crippen molar-refractivity contribution in [2.24, 2.45) is 5.41 Å². The molecule has 0 spiro atoms. The van der Waals surface area contributed by atoms with Gasteiger partial charge in [0.15, 0.2) is 0 Å². The van der Waals surface area contributed by atoms with Gasteiger partial charge >= 0.3 is 0 Å². The highest BCUT2D eigenvalue weighted by Crippen LogP contribution is 2.32. The Balaban J connectivity index is 2.13. The van der Waals surface area contributed by atoms with E-state index in [2.05, 4.69) is 43.5 Å². The van der Waals surface area contributed by atoms with E-state index >= 15 is 0 Å². The lowest BCUT2D eigenvalue weighted by Crippen LogP contribution is -2.46. The number of hydrogen-bond donors (Lipinski definition) is 2. The average molecular weight is 278 g/mol. The summed E-state index contributed by atoms with van der Waals surface area (Å²) in [5.41, 5.74) is 1.15. The minimum Gasteiger partial charge on any atom is -0.347 e. The van der Waals surface area contributed by atoms with Crippen LogP contribution in [-0.4, -0.2) is 23.6 Å². The molecule has 0 bridgehead atoms. The minimum absolute atomic E-state index is 0.0112. The Bertz CT molecular complexity index is 422. The summed E-state index contributed by atoms with van der Waals surface area (Å²) in [6.07, 6.45) is 0. The van der Waals surface area contributed by atoms with Crippen LogP contribution in [0.3, 0.4) is 0 Å². The molecular weight excluding hydrogens is 256 g/mol. The first-order chi connectivity index (χ1) is 8.98. The zero-order valence-corrected chi connectivity index (χ0v) is 12.6. The van der Waals surface area contributed by atoms with Gasteiger partial charge < -0.3 is 5.32 Å². The van der Waals surface area contributed by atoms with Crippen molar-refractivity contribution in [3.63, 3.8) is 0 Å². The summed E-state index contributed by atoms with van der Waals surface area (Å²) in [4.78, 5) is 12.3. The van der Waals surface area contributed by atoms with Crippen molar-refractivity contribution in [3.8, 4) is 0 Å². The standard InChI is InChI=1S/C15H22N2OS/c1-15(2,3)13(11-7-5-4-6-8-11)17-14(18)12-9-19-10-16-12/h4-8,12-13,16H,9-10H2,1-3H3,(H,17,18). The van der Waals surface area contributed by atoms with Crippen LogP contribution in [0, 0.1) is 5.41 Å². The lowest BCUT2D eigenvalue weighted by Gasteiger charge is -2.32. The minimum atomic E-state index is -0.0569. The molecule has 1 saturated heterocycles. The third kappa shape index (κ3) is 3.74. The van der Waals surface area contributed by atoms with E-state index in [4.69, 9.17) is 0 Å². The van der Waals surface area contributed by atoms with Crippen LogP contribution in [0.15, 0.2) is 30.3 Å². The maximum atomic E-state index is 12.3. The van der Waals surface area contributed by atoms with Gasteiger partial charge in [-0.2, -0.15) is 0 Å². The highest BCUT2D eigenvalue weighted by molar-refractivity contribution is 7.99. The summed E-state index contributed by atoms with van der Waals surface area (Å²) in [6, 6.07) is 10.2. The van der Waals surface area contributed by atoms with Crippen molar-refractivity contribution in [2.45, 2.75) is 32.9 Å². The topological polar surface area (TPSA) is 41.1 Å². The van der Waals surface area contributed by atoms with E-state index in [1.54, 1.807) is 11.8 Å². The second-order valence-electron chi connectivity index (χ2n) is 5.99. The molecule has 4 heteroatoms. The molecule has 1 aliphatic heterocycles. The summed E-state index contributed by atoms with van der Waals surface area (Å²) < 4.78 is 0. The lowest BCUT2D eigenvalue weighted by molar-refractivity contribution is -0.124. The van der Waals surface area contributed by atoms with E-state index < -0.39 is 0 Å². The number of carbonyl (C=O) groups excluding carboxylic acids is 1. The molecule has 2 rings (SSSR count). The summed E-state index contributed by atoms with van der Waals surface area (Å²) in [7, 11) is 0. The van der Waals surface area contributed by atoms with E-state index in [0.717, 1.165) is 17.2 Å². The van der Waals surface area contributed by atoms with E-state index in [1.165, 1.54) is 0 Å². The average Bonchev–Trinajstić information content (AvgIpc) is 2.89. The van der Waals surface area contributed by atoms with Gasteiger partial charge in [0.25, 0.3) is 0 Å². The predicted octanol–water partition coefficient (Wildman–Crippen LogP) is 2.55. The molecule has 1 aliphatic rings. The van der Waals surface area contributed by atoms with Crippen LogP contribution in [0.5, 0.6) is 0 Å². The van der Waals surface area contributed by atoms with Gasteiger partial charge in [0, 0.05) is 11.6 Å². The third-order valence-corrected chi connectivity index (χ3v) is 4.26. The summed E-state index contributed by atoms with van der Waals surface area (Å²) in [5.74, 6) is 1.83. The molecule has 0 radical (unpaired) electrons. The normalized spacial score (nSPS) is 21.1. The number of amides is 1. The monoisotopic (exact) mass is 278 g/mol. The Hall–Kier alpha value is -1.00. The molecule has 104 valence electrons. The largest absolute Gasteiger partial charge is 0.347 e. The lowest BCUT2D eigenvalue weighted by atomic mass is 9.82. The smallest absolute Gasteiger partial charge is 0.238 e. The van der Waals surface area contributed by atoms with Crippen LogP contribution in [-0.2, 0) is 4.79 Å². The maximum absolute atomic E-state index is 12.3. The van der Waals surface area contributed by atoms with Crippen molar-refractivity contribution < 1.29 is 4.79 Å². The predicted molar refractivity (Wildman–Crippen MR) is 81.0 cm³/mol. The molecule has 1 heterocycles. The molecule has 19 heavy (non-hydrogen) atoms. The van der Waals surface area contributed by atoms with Crippen LogP contribution in [0.1, 0.15) is 32.4 Å². The van der Waals surface area contributed by atoms with E-state index in [0.29, 0.717) is 0 Å². The molecule has 1 amide bonds. The third-order valence-electron chi connectivity index (χ3n) is 3.32. The molecule has 0 aromatic heterocycles. The fraction of sp³-hybridized carbons (Fsp3) is 0.533. The van der Waals surface area contributed by atoms with E-state index in [9.17, 15) is 4.79 Å². The number of rotatable bonds is 3. The molecule has 1 fully saturated rings. The molecule has 1 aromatic carbocycles. The van der Waals surface area contributed by atoms with Gasteiger partial charge in [0.1, 0.15) is 0 Å². The second kappa shape index (κ2) is 5.97. The Labute approximate surface area is 119 Å². The molecular formula is C15H22N2OS. The van der Waals surface area contributed by atoms with Gasteiger partial charge in [-0.05, 0) is 11.0 Å². The van der Waals surface area contributed by atoms with Crippen LogP contribution in [0.4, 0.5) is 0 Å². The highest BCUT2D eigenvalue weighted by Gasteiger charge is 2.31. The first kappa shape index (κ1) is 14.4. The van der Waals surface area contributed by atoms with Crippen molar-refractivity contribution in [3.05, 3.63) is 35.9 Å². The van der Waals surface area contributed by atoms with Gasteiger partial charge in [-0.3, -0.25) is 10.1 Å². The Kier molecular flexibility index (Phi) is 4.53. The number of thioether (sulfide) groups is 1. The van der Waals surface area contributed by atoms with Gasteiger partial charge in [-0.15, -0.1) is 11.8 Å². The van der Waals surface area contributed by atoms with Crippen molar-refractivity contribution in [2.75, 3.05) is 11.6 Å². The second-order valence-corrected chi connectivity index (χ2v) is 7.02. The first-order valence-corrected chi connectivity index (χ1v) is 7.80. The first-order valence-electron chi connectivity index (χ1n) is 6.65. The summed E-state index contributed by atoms with van der Waals surface area (Å²) in [6.45, 7) is 6.46. The van der Waals surface area contributed by atoms with Crippen molar-refractivity contribution in [1.29, 1.82) is 0 Å². The van der Waals surface area contributed by atoms with E-state index in [-0.39, 0.29) is 23.4 Å². The maximum Gasteiger partial charge on any atom is 0.238 e. The number of carbonyl (C=O) groups is 1. The van der Waals surface area contributed by atoms with Crippen LogP contribution in [0.25, 0.3) is 0 Å². The summed E-state index contributed by atoms with van der Waals surface area (Å²) in [5, 5.41) is 6.42. The Morgan fingerprint density at radius 2 is 2.05 bits per heavy atom.